The summed E-state index contributed by atoms with van der Waals surface area (Å²) in [5.41, 5.74) is 4.11. The summed E-state index contributed by atoms with van der Waals surface area (Å²) in [5, 5.41) is 10.9. The van der Waals surface area contributed by atoms with Gasteiger partial charge in [0.05, 0.1) is 0 Å². The van der Waals surface area contributed by atoms with Gasteiger partial charge in [-0.2, -0.15) is 0 Å². The van der Waals surface area contributed by atoms with Crippen LogP contribution in [0.25, 0.3) is 10.9 Å². The van der Waals surface area contributed by atoms with Crippen molar-refractivity contribution >= 4 is 40.1 Å². The first-order chi connectivity index (χ1) is 14.0. The summed E-state index contributed by atoms with van der Waals surface area (Å²) >= 11 is 5.32. The average Bonchev–Trinajstić information content (AvgIpc) is 3.09. The molecule has 0 bridgehead atoms. The minimum absolute atomic E-state index is 0.451. The highest BCUT2D eigenvalue weighted by atomic mass is 32.1. The lowest BCUT2D eigenvalue weighted by Crippen LogP contribution is -2.43. The highest BCUT2D eigenvalue weighted by Gasteiger charge is 2.07. The number of anilines is 1. The molecule has 0 aliphatic rings. The van der Waals surface area contributed by atoms with Crippen LogP contribution in [-0.2, 0) is 6.42 Å². The summed E-state index contributed by atoms with van der Waals surface area (Å²) in [7, 11) is 0. The second-order valence-electron chi connectivity index (χ2n) is 6.56. The van der Waals surface area contributed by atoms with Crippen molar-refractivity contribution in [3.8, 4) is 0 Å². The minimum Gasteiger partial charge on any atom is -0.361 e. The van der Waals surface area contributed by atoms with Gasteiger partial charge in [0.25, 0.3) is 0 Å². The van der Waals surface area contributed by atoms with E-state index in [2.05, 4.69) is 54.6 Å². The van der Waals surface area contributed by atoms with E-state index in [0.717, 1.165) is 23.3 Å². The van der Waals surface area contributed by atoms with Crippen LogP contribution in [0.5, 0.6) is 0 Å². The smallest absolute Gasteiger partial charge is 0.229 e. The molecule has 7 nitrogen and oxygen atoms in total. The van der Waals surface area contributed by atoms with Gasteiger partial charge in [0.2, 0.25) is 11.9 Å². The molecule has 150 valence electrons. The van der Waals surface area contributed by atoms with Crippen LogP contribution < -0.4 is 16.0 Å². The molecule has 0 radical (unpaired) electrons. The number of benzene rings is 1. The Morgan fingerprint density at radius 2 is 2.00 bits per heavy atom. The minimum atomic E-state index is 0.451. The van der Waals surface area contributed by atoms with Gasteiger partial charge < -0.3 is 15.6 Å². The molecule has 0 fully saturated rings. The summed E-state index contributed by atoms with van der Waals surface area (Å²) in [6.45, 7) is 8.68. The zero-order chi connectivity index (χ0) is 20.6. The van der Waals surface area contributed by atoms with Gasteiger partial charge >= 0.3 is 0 Å². The maximum atomic E-state index is 5.32. The average molecular weight is 408 g/mol. The van der Waals surface area contributed by atoms with Gasteiger partial charge in [-0.1, -0.05) is 24.3 Å². The van der Waals surface area contributed by atoms with Crippen LogP contribution in [0.2, 0.25) is 0 Å². The van der Waals surface area contributed by atoms with Crippen LogP contribution in [0.3, 0.4) is 0 Å². The summed E-state index contributed by atoms with van der Waals surface area (Å²) < 4.78 is 0. The number of guanidine groups is 1. The molecule has 0 aliphatic carbocycles. The van der Waals surface area contributed by atoms with Gasteiger partial charge in [0.1, 0.15) is 0 Å². The molecular weight excluding hydrogens is 382 g/mol. The van der Waals surface area contributed by atoms with Gasteiger partial charge in [-0.15, -0.1) is 6.58 Å². The summed E-state index contributed by atoms with van der Waals surface area (Å²) in [4.78, 5) is 16.8. The number of nitrogens with one attached hydrogen (secondary N) is 4. The van der Waals surface area contributed by atoms with Crippen molar-refractivity contribution in [1.29, 1.82) is 0 Å². The number of aromatic amines is 1. The van der Waals surface area contributed by atoms with E-state index in [-0.39, 0.29) is 0 Å². The lowest BCUT2D eigenvalue weighted by molar-refractivity contribution is 0.955. The van der Waals surface area contributed by atoms with E-state index < -0.39 is 0 Å². The monoisotopic (exact) mass is 407 g/mol. The zero-order valence-electron chi connectivity index (χ0n) is 16.6. The lowest BCUT2D eigenvalue weighted by Gasteiger charge is -2.13. The van der Waals surface area contributed by atoms with E-state index in [1.165, 1.54) is 10.9 Å². The molecule has 0 aliphatic heterocycles. The second kappa shape index (κ2) is 9.79. The maximum absolute atomic E-state index is 5.32. The van der Waals surface area contributed by atoms with Crippen LogP contribution in [0.4, 0.5) is 5.95 Å². The Morgan fingerprint density at radius 1 is 1.24 bits per heavy atom. The number of hydrogen-bond acceptors (Lipinski definition) is 4. The van der Waals surface area contributed by atoms with Crippen LogP contribution in [-0.4, -0.2) is 39.1 Å². The van der Waals surface area contributed by atoms with Crippen molar-refractivity contribution in [2.45, 2.75) is 20.3 Å². The molecule has 3 aromatic rings. The number of hydrogen-bond donors (Lipinski definition) is 4. The van der Waals surface area contributed by atoms with E-state index in [1.807, 2.05) is 38.2 Å². The fourth-order valence-electron chi connectivity index (χ4n) is 2.94. The molecule has 0 atom stereocenters. The molecule has 8 heteroatoms. The Bertz CT molecular complexity index is 1020. The first kappa shape index (κ1) is 20.5. The third kappa shape index (κ3) is 5.86. The molecule has 0 amide bonds. The summed E-state index contributed by atoms with van der Waals surface area (Å²) in [5.74, 6) is 0.976. The van der Waals surface area contributed by atoms with Crippen LogP contribution >= 0.6 is 12.2 Å². The largest absolute Gasteiger partial charge is 0.361 e. The van der Waals surface area contributed by atoms with E-state index in [9.17, 15) is 0 Å². The van der Waals surface area contributed by atoms with Crippen molar-refractivity contribution < 1.29 is 0 Å². The number of rotatable bonds is 6. The lowest BCUT2D eigenvalue weighted by atomic mass is 10.1. The number of aliphatic imine (C=N–C) groups is 1. The molecule has 1 aromatic carbocycles. The van der Waals surface area contributed by atoms with Gasteiger partial charge in [-0.05, 0) is 50.2 Å². The number of H-pyrrole nitrogens is 1. The van der Waals surface area contributed by atoms with Gasteiger partial charge in [0.15, 0.2) is 5.11 Å². The Labute approximate surface area is 175 Å². The fraction of sp³-hybridized carbons (Fsp3) is 0.238. The van der Waals surface area contributed by atoms with Gasteiger partial charge in [0, 0.05) is 41.6 Å². The predicted molar refractivity (Wildman–Crippen MR) is 123 cm³/mol. The molecule has 4 N–H and O–H groups in total. The maximum Gasteiger partial charge on any atom is 0.229 e. The van der Waals surface area contributed by atoms with E-state index in [1.54, 1.807) is 6.08 Å². The Hall–Kier alpha value is -3.26. The van der Waals surface area contributed by atoms with E-state index in [4.69, 9.17) is 12.2 Å². The molecule has 0 unspecified atom stereocenters. The Morgan fingerprint density at radius 3 is 2.76 bits per heavy atom. The first-order valence-corrected chi connectivity index (χ1v) is 9.80. The third-order valence-electron chi connectivity index (χ3n) is 4.18. The van der Waals surface area contributed by atoms with Crippen LogP contribution in [0.1, 0.15) is 17.0 Å². The van der Waals surface area contributed by atoms with Crippen molar-refractivity contribution in [3.63, 3.8) is 0 Å². The molecule has 0 spiro atoms. The van der Waals surface area contributed by atoms with Crippen molar-refractivity contribution in [2.24, 2.45) is 4.99 Å². The van der Waals surface area contributed by atoms with E-state index in [0.29, 0.717) is 30.1 Å². The number of thiocarbonyl (C=S) groups is 1. The van der Waals surface area contributed by atoms with E-state index >= 15 is 0 Å². The molecule has 2 heterocycles. The van der Waals surface area contributed by atoms with Crippen molar-refractivity contribution in [3.05, 3.63) is 66.1 Å². The van der Waals surface area contributed by atoms with Gasteiger partial charge in [-0.3, -0.25) is 10.3 Å². The predicted octanol–water partition coefficient (Wildman–Crippen LogP) is 3.24. The van der Waals surface area contributed by atoms with Crippen molar-refractivity contribution in [1.82, 2.24) is 25.6 Å². The number of nitrogens with zero attached hydrogens (tertiary/aromatic N) is 3. The van der Waals surface area contributed by atoms with Crippen LogP contribution in [0, 0.1) is 13.8 Å². The molecule has 29 heavy (non-hydrogen) atoms. The number of aryl methyl sites for hydroxylation is 2. The second-order valence-corrected chi connectivity index (χ2v) is 6.97. The van der Waals surface area contributed by atoms with Crippen molar-refractivity contribution in [2.75, 3.05) is 18.4 Å². The number of aromatic nitrogens is 3. The summed E-state index contributed by atoms with van der Waals surface area (Å²) in [6.07, 6.45) is 4.56. The number of fused-ring (bicyclic) bond motifs is 1. The topological polar surface area (TPSA) is 90.0 Å². The molecule has 0 saturated carbocycles. The fourth-order valence-corrected chi connectivity index (χ4v) is 3.12. The molecule has 3 rings (SSSR count). The quantitative estimate of drug-likeness (QED) is 0.217. The Balaban J connectivity index is 1.73. The zero-order valence-corrected chi connectivity index (χ0v) is 17.4. The standard InChI is InChI=1S/C21H25N7S/c1-4-10-23-21(29)28-19(27-20-25-14(2)12-15(3)26-20)22-11-9-16-13-24-18-8-6-5-7-17(16)18/h4-8,12-13,24H,1,9-11H2,2-3H3,(H3,22,23,25,26,27,28,29). The first-order valence-electron chi connectivity index (χ1n) is 9.39. The highest BCUT2D eigenvalue weighted by molar-refractivity contribution is 7.80. The van der Waals surface area contributed by atoms with Gasteiger partial charge in [-0.25, -0.2) is 9.97 Å². The SMILES string of the molecule is C=CCNC(=S)NC(=NCCc1c[nH]c2ccccc12)Nc1nc(C)cc(C)n1. The normalized spacial score (nSPS) is 11.3. The molecular formula is C21H25N7S. The third-order valence-corrected chi connectivity index (χ3v) is 4.42. The molecule has 0 saturated heterocycles. The molecule has 2 aromatic heterocycles. The van der Waals surface area contributed by atoms with Crippen LogP contribution in [0.15, 0.2) is 54.2 Å². The number of para-hydroxylation sites is 1. The highest BCUT2D eigenvalue weighted by Crippen LogP contribution is 2.18. The summed E-state index contributed by atoms with van der Waals surface area (Å²) in [6, 6.07) is 10.2. The Kier molecular flexibility index (Phi) is 6.91.